The van der Waals surface area contributed by atoms with E-state index in [4.69, 9.17) is 9.47 Å². The zero-order valence-electron chi connectivity index (χ0n) is 15.7. The molecule has 3 rings (SSSR count). The number of hydrogen-bond acceptors (Lipinski definition) is 6. The van der Waals surface area contributed by atoms with Gasteiger partial charge in [0.1, 0.15) is 5.69 Å². The van der Waals surface area contributed by atoms with Crippen LogP contribution in [0.3, 0.4) is 0 Å². The first-order chi connectivity index (χ1) is 12.9. The second-order valence-corrected chi connectivity index (χ2v) is 6.77. The molecular weight excluding hydrogens is 350 g/mol. The summed E-state index contributed by atoms with van der Waals surface area (Å²) in [5.41, 5.74) is 2.91. The second-order valence-electron chi connectivity index (χ2n) is 6.77. The number of aryl methyl sites for hydroxylation is 2. The third kappa shape index (κ3) is 4.16. The molecule has 1 atom stereocenters. The standard InChI is InChI=1S/C19H23N3O5/c1-12-6-7-18(19(20-12)22(24)25)27-11-17(23)16-9-13(2)21(14(16)3)10-15-5-4-8-26-15/h6-7,9,15H,4-5,8,10-11H2,1-3H3. The lowest BCUT2D eigenvalue weighted by molar-refractivity contribution is -0.390. The molecule has 0 amide bonds. The SMILES string of the molecule is Cc1ccc(OCC(=O)c2cc(C)n(CC3CCCO3)c2C)c([N+](=O)[O-])n1. The van der Waals surface area contributed by atoms with Crippen molar-refractivity contribution in [3.63, 3.8) is 0 Å². The fraction of sp³-hybridized carbons (Fsp3) is 0.474. The van der Waals surface area contributed by atoms with Crippen molar-refractivity contribution in [3.05, 3.63) is 51.0 Å². The van der Waals surface area contributed by atoms with Gasteiger partial charge in [0, 0.05) is 37.0 Å². The number of carbonyl (C=O) groups excluding carboxylic acids is 1. The lowest BCUT2D eigenvalue weighted by Crippen LogP contribution is -2.18. The van der Waals surface area contributed by atoms with E-state index >= 15 is 0 Å². The molecule has 1 aliphatic rings. The molecule has 8 nitrogen and oxygen atoms in total. The van der Waals surface area contributed by atoms with E-state index in [1.807, 2.05) is 19.9 Å². The number of rotatable bonds is 7. The molecule has 8 heteroatoms. The van der Waals surface area contributed by atoms with Gasteiger partial charge in [-0.3, -0.25) is 4.79 Å². The summed E-state index contributed by atoms with van der Waals surface area (Å²) in [6.07, 6.45) is 2.26. The van der Waals surface area contributed by atoms with E-state index in [-0.39, 0.29) is 30.1 Å². The van der Waals surface area contributed by atoms with Crippen LogP contribution in [0.2, 0.25) is 0 Å². The van der Waals surface area contributed by atoms with Gasteiger partial charge >= 0.3 is 5.82 Å². The van der Waals surface area contributed by atoms with E-state index in [1.165, 1.54) is 6.07 Å². The Hall–Kier alpha value is -2.74. The van der Waals surface area contributed by atoms with Crippen LogP contribution in [0.4, 0.5) is 5.82 Å². The van der Waals surface area contributed by atoms with E-state index in [1.54, 1.807) is 13.0 Å². The summed E-state index contributed by atoms with van der Waals surface area (Å²) in [7, 11) is 0. The fourth-order valence-electron chi connectivity index (χ4n) is 3.35. The Morgan fingerprint density at radius 2 is 2.19 bits per heavy atom. The normalized spacial score (nSPS) is 16.5. The average molecular weight is 373 g/mol. The Morgan fingerprint density at radius 1 is 1.41 bits per heavy atom. The van der Waals surface area contributed by atoms with Crippen molar-refractivity contribution in [2.24, 2.45) is 0 Å². The summed E-state index contributed by atoms with van der Waals surface area (Å²) < 4.78 is 13.2. The smallest absolute Gasteiger partial charge is 0.406 e. The second kappa shape index (κ2) is 7.87. The minimum Gasteiger partial charge on any atom is -0.477 e. The first-order valence-electron chi connectivity index (χ1n) is 8.93. The molecular formula is C19H23N3O5. The number of aromatic nitrogens is 2. The summed E-state index contributed by atoms with van der Waals surface area (Å²) in [6, 6.07) is 4.91. The van der Waals surface area contributed by atoms with Crippen LogP contribution in [-0.4, -0.2) is 39.6 Å². The molecule has 3 heterocycles. The number of ketones is 1. The molecule has 0 N–H and O–H groups in total. The van der Waals surface area contributed by atoms with Crippen molar-refractivity contribution < 1.29 is 19.2 Å². The third-order valence-corrected chi connectivity index (χ3v) is 4.79. The minimum absolute atomic E-state index is 0.00730. The maximum atomic E-state index is 12.6. The largest absolute Gasteiger partial charge is 0.477 e. The molecule has 27 heavy (non-hydrogen) atoms. The highest BCUT2D eigenvalue weighted by Gasteiger charge is 2.23. The van der Waals surface area contributed by atoms with Gasteiger partial charge in [-0.25, -0.2) is 0 Å². The van der Waals surface area contributed by atoms with Crippen molar-refractivity contribution in [1.82, 2.24) is 9.55 Å². The molecule has 0 saturated carbocycles. The number of nitro groups is 1. The van der Waals surface area contributed by atoms with Crippen LogP contribution in [0.1, 0.15) is 40.3 Å². The van der Waals surface area contributed by atoms with Crippen molar-refractivity contribution in [1.29, 1.82) is 0 Å². The summed E-state index contributed by atoms with van der Waals surface area (Å²) in [5, 5.41) is 11.1. The minimum atomic E-state index is -0.611. The van der Waals surface area contributed by atoms with Crippen LogP contribution in [0.15, 0.2) is 18.2 Å². The molecule has 1 fully saturated rings. The van der Waals surface area contributed by atoms with E-state index in [2.05, 4.69) is 9.55 Å². The summed E-state index contributed by atoms with van der Waals surface area (Å²) in [6.45, 7) is 6.73. The lowest BCUT2D eigenvalue weighted by atomic mass is 10.1. The predicted octanol–water partition coefficient (Wildman–Crippen LogP) is 3.16. The van der Waals surface area contributed by atoms with Gasteiger partial charge in [-0.05, 0) is 54.8 Å². The highest BCUT2D eigenvalue weighted by molar-refractivity contribution is 5.98. The van der Waals surface area contributed by atoms with Crippen LogP contribution in [0.5, 0.6) is 5.75 Å². The molecule has 2 aromatic rings. The first kappa shape index (κ1) is 19.0. The topological polar surface area (TPSA) is 96.5 Å². The number of Topliss-reactive ketones (excluding diaryl/α,β-unsaturated/α-hetero) is 1. The van der Waals surface area contributed by atoms with Gasteiger partial charge in [0.05, 0.1) is 6.10 Å². The predicted molar refractivity (Wildman–Crippen MR) is 98.3 cm³/mol. The van der Waals surface area contributed by atoms with Gasteiger partial charge in [0.15, 0.2) is 6.61 Å². The monoisotopic (exact) mass is 373 g/mol. The number of carbonyl (C=O) groups is 1. The molecule has 0 aromatic carbocycles. The van der Waals surface area contributed by atoms with Crippen molar-refractivity contribution in [3.8, 4) is 5.75 Å². The van der Waals surface area contributed by atoms with Crippen molar-refractivity contribution in [2.75, 3.05) is 13.2 Å². The maximum absolute atomic E-state index is 12.6. The third-order valence-electron chi connectivity index (χ3n) is 4.79. The van der Waals surface area contributed by atoms with Gasteiger partial charge in [-0.1, -0.05) is 0 Å². The van der Waals surface area contributed by atoms with E-state index < -0.39 is 4.92 Å². The van der Waals surface area contributed by atoms with Gasteiger partial charge in [-0.15, -0.1) is 0 Å². The Kier molecular flexibility index (Phi) is 5.55. The quantitative estimate of drug-likeness (QED) is 0.420. The van der Waals surface area contributed by atoms with Crippen LogP contribution >= 0.6 is 0 Å². The number of pyridine rings is 1. The molecule has 0 spiro atoms. The highest BCUT2D eigenvalue weighted by atomic mass is 16.6. The Bertz CT molecular complexity index is 868. The molecule has 1 saturated heterocycles. The molecule has 144 valence electrons. The molecule has 1 unspecified atom stereocenters. The van der Waals surface area contributed by atoms with Crippen LogP contribution in [-0.2, 0) is 11.3 Å². The van der Waals surface area contributed by atoms with Crippen LogP contribution in [0, 0.1) is 30.9 Å². The number of hydrogen-bond donors (Lipinski definition) is 0. The summed E-state index contributed by atoms with van der Waals surface area (Å²) >= 11 is 0. The molecule has 0 radical (unpaired) electrons. The molecule has 1 aliphatic heterocycles. The zero-order chi connectivity index (χ0) is 19.6. The number of ether oxygens (including phenoxy) is 2. The number of nitrogens with zero attached hydrogens (tertiary/aromatic N) is 3. The molecule has 2 aromatic heterocycles. The van der Waals surface area contributed by atoms with Crippen LogP contribution < -0.4 is 4.74 Å². The zero-order valence-corrected chi connectivity index (χ0v) is 15.7. The first-order valence-corrected chi connectivity index (χ1v) is 8.93. The Balaban J connectivity index is 1.73. The lowest BCUT2D eigenvalue weighted by Gasteiger charge is -2.14. The molecule has 0 aliphatic carbocycles. The maximum Gasteiger partial charge on any atom is 0.406 e. The van der Waals surface area contributed by atoms with Gasteiger partial charge in [0.25, 0.3) is 0 Å². The Labute approximate surface area is 157 Å². The summed E-state index contributed by atoms with van der Waals surface area (Å²) in [5.74, 6) is -0.615. The van der Waals surface area contributed by atoms with Crippen LogP contribution in [0.25, 0.3) is 0 Å². The van der Waals surface area contributed by atoms with E-state index in [0.29, 0.717) is 11.3 Å². The van der Waals surface area contributed by atoms with E-state index in [0.717, 1.165) is 37.4 Å². The average Bonchev–Trinajstić information content (AvgIpc) is 3.24. The van der Waals surface area contributed by atoms with Gasteiger partial charge in [-0.2, -0.15) is 0 Å². The van der Waals surface area contributed by atoms with Gasteiger partial charge in [0.2, 0.25) is 11.5 Å². The van der Waals surface area contributed by atoms with Crippen molar-refractivity contribution >= 4 is 11.6 Å². The molecule has 0 bridgehead atoms. The fourth-order valence-corrected chi connectivity index (χ4v) is 3.35. The van der Waals surface area contributed by atoms with Crippen molar-refractivity contribution in [2.45, 2.75) is 46.3 Å². The van der Waals surface area contributed by atoms with E-state index in [9.17, 15) is 14.9 Å². The summed E-state index contributed by atoms with van der Waals surface area (Å²) in [4.78, 5) is 27.0. The highest BCUT2D eigenvalue weighted by Crippen LogP contribution is 2.25. The Morgan fingerprint density at radius 3 is 2.85 bits per heavy atom. The van der Waals surface area contributed by atoms with Gasteiger partial charge < -0.3 is 24.2 Å².